The minimum atomic E-state index is -0.445. The number of nitrogens with one attached hydrogen (secondary N) is 1. The van der Waals surface area contributed by atoms with Crippen LogP contribution in [0.3, 0.4) is 0 Å². The van der Waals surface area contributed by atoms with Gasteiger partial charge in [-0.1, -0.05) is 41.1 Å². The number of carbonyl (C=O) groups is 1. The Kier molecular flexibility index (Phi) is 4.95. The molecule has 3 rings (SSSR count). The summed E-state index contributed by atoms with van der Waals surface area (Å²) in [6.07, 6.45) is 0. The highest BCUT2D eigenvalue weighted by Gasteiger charge is 2.17. The lowest BCUT2D eigenvalue weighted by atomic mass is 10.2. The van der Waals surface area contributed by atoms with Crippen molar-refractivity contribution in [3.63, 3.8) is 0 Å². The zero-order chi connectivity index (χ0) is 17.8. The summed E-state index contributed by atoms with van der Waals surface area (Å²) in [5, 5.41) is 11.0. The first kappa shape index (κ1) is 16.9. The Hall–Kier alpha value is -2.93. The third-order valence-electron chi connectivity index (χ3n) is 3.58. The van der Waals surface area contributed by atoms with Gasteiger partial charge in [0.2, 0.25) is 0 Å². The SMILES string of the molecule is Nc1c(C(=O)NCc2ccc(F)cc2)nnn1Cc1cccc(Cl)c1. The summed E-state index contributed by atoms with van der Waals surface area (Å²) in [7, 11) is 0. The average molecular weight is 360 g/mol. The number of nitrogens with two attached hydrogens (primary N) is 1. The number of benzene rings is 2. The van der Waals surface area contributed by atoms with Gasteiger partial charge in [0.15, 0.2) is 11.5 Å². The Morgan fingerprint density at radius 1 is 1.20 bits per heavy atom. The summed E-state index contributed by atoms with van der Waals surface area (Å²) in [6, 6.07) is 13.1. The third kappa shape index (κ3) is 4.13. The first-order valence-corrected chi connectivity index (χ1v) is 7.87. The molecule has 128 valence electrons. The van der Waals surface area contributed by atoms with Gasteiger partial charge in [-0.05, 0) is 35.4 Å². The maximum Gasteiger partial charge on any atom is 0.275 e. The molecule has 6 nitrogen and oxygen atoms in total. The second kappa shape index (κ2) is 7.31. The van der Waals surface area contributed by atoms with E-state index in [2.05, 4.69) is 15.6 Å². The molecule has 1 amide bonds. The van der Waals surface area contributed by atoms with Gasteiger partial charge in [0, 0.05) is 11.6 Å². The van der Waals surface area contributed by atoms with E-state index in [1.807, 2.05) is 12.1 Å². The minimum absolute atomic E-state index is 0.0455. The summed E-state index contributed by atoms with van der Waals surface area (Å²) in [5.41, 5.74) is 7.67. The number of anilines is 1. The molecule has 0 atom stereocenters. The fraction of sp³-hybridized carbons (Fsp3) is 0.118. The Balaban J connectivity index is 1.67. The number of carbonyl (C=O) groups excluding carboxylic acids is 1. The summed E-state index contributed by atoms with van der Waals surface area (Å²) in [5.74, 6) is -0.612. The van der Waals surface area contributed by atoms with Crippen molar-refractivity contribution in [1.29, 1.82) is 0 Å². The van der Waals surface area contributed by atoms with Gasteiger partial charge < -0.3 is 11.1 Å². The molecule has 3 aromatic rings. The molecule has 0 fully saturated rings. The molecule has 0 unspecified atom stereocenters. The van der Waals surface area contributed by atoms with Crippen LogP contribution >= 0.6 is 11.6 Å². The first-order chi connectivity index (χ1) is 12.0. The van der Waals surface area contributed by atoms with Crippen molar-refractivity contribution in [2.75, 3.05) is 5.73 Å². The van der Waals surface area contributed by atoms with Crippen LogP contribution in [0.4, 0.5) is 10.2 Å². The number of rotatable bonds is 5. The van der Waals surface area contributed by atoms with Crippen molar-refractivity contribution >= 4 is 23.3 Å². The molecule has 2 aromatic carbocycles. The predicted octanol–water partition coefficient (Wildman–Crippen LogP) is 2.63. The maximum absolute atomic E-state index is 12.9. The van der Waals surface area contributed by atoms with Crippen molar-refractivity contribution in [2.24, 2.45) is 0 Å². The quantitative estimate of drug-likeness (QED) is 0.733. The molecule has 0 aliphatic heterocycles. The smallest absolute Gasteiger partial charge is 0.275 e. The summed E-state index contributed by atoms with van der Waals surface area (Å²) >= 11 is 5.95. The molecule has 0 saturated carbocycles. The average Bonchev–Trinajstić information content (AvgIpc) is 2.95. The van der Waals surface area contributed by atoms with Gasteiger partial charge in [-0.15, -0.1) is 5.10 Å². The van der Waals surface area contributed by atoms with E-state index in [4.69, 9.17) is 17.3 Å². The van der Waals surface area contributed by atoms with Crippen LogP contribution in [0.1, 0.15) is 21.6 Å². The van der Waals surface area contributed by atoms with Crippen LogP contribution in [0.25, 0.3) is 0 Å². The predicted molar refractivity (Wildman–Crippen MR) is 92.6 cm³/mol. The molecule has 1 heterocycles. The molecule has 0 aliphatic carbocycles. The van der Waals surface area contributed by atoms with Crippen molar-refractivity contribution in [2.45, 2.75) is 13.1 Å². The van der Waals surface area contributed by atoms with Gasteiger partial charge >= 0.3 is 0 Å². The van der Waals surface area contributed by atoms with E-state index >= 15 is 0 Å². The van der Waals surface area contributed by atoms with Gasteiger partial charge in [-0.2, -0.15) is 0 Å². The van der Waals surface area contributed by atoms with Crippen molar-refractivity contribution in [3.05, 3.63) is 76.2 Å². The number of hydrogen-bond acceptors (Lipinski definition) is 4. The number of nitrogen functional groups attached to an aromatic ring is 1. The highest BCUT2D eigenvalue weighted by Crippen LogP contribution is 2.14. The second-order valence-corrected chi connectivity index (χ2v) is 5.86. The Morgan fingerprint density at radius 3 is 2.68 bits per heavy atom. The number of nitrogens with zero attached hydrogens (tertiary/aromatic N) is 3. The van der Waals surface area contributed by atoms with E-state index in [9.17, 15) is 9.18 Å². The largest absolute Gasteiger partial charge is 0.382 e. The molecule has 0 saturated heterocycles. The molecule has 0 radical (unpaired) electrons. The molecular formula is C17H15ClFN5O. The summed E-state index contributed by atoms with van der Waals surface area (Å²) in [6.45, 7) is 0.588. The normalized spacial score (nSPS) is 10.6. The van der Waals surface area contributed by atoms with Gasteiger partial charge in [-0.3, -0.25) is 4.79 Å². The van der Waals surface area contributed by atoms with Crippen molar-refractivity contribution in [1.82, 2.24) is 20.3 Å². The summed E-state index contributed by atoms with van der Waals surface area (Å²) in [4.78, 5) is 12.2. The van der Waals surface area contributed by atoms with E-state index < -0.39 is 5.91 Å². The van der Waals surface area contributed by atoms with Crippen molar-refractivity contribution in [3.8, 4) is 0 Å². The van der Waals surface area contributed by atoms with Gasteiger partial charge in [0.05, 0.1) is 6.54 Å². The van der Waals surface area contributed by atoms with Crippen molar-refractivity contribution < 1.29 is 9.18 Å². The Bertz CT molecular complexity index is 894. The van der Waals surface area contributed by atoms with Crippen LogP contribution in [0.5, 0.6) is 0 Å². The number of halogens is 2. The first-order valence-electron chi connectivity index (χ1n) is 7.49. The molecule has 0 bridgehead atoms. The van der Waals surface area contributed by atoms with Crippen LogP contribution in [-0.4, -0.2) is 20.9 Å². The lowest BCUT2D eigenvalue weighted by Crippen LogP contribution is -2.24. The Morgan fingerprint density at radius 2 is 1.96 bits per heavy atom. The molecule has 25 heavy (non-hydrogen) atoms. The van der Waals surface area contributed by atoms with Crippen LogP contribution in [-0.2, 0) is 13.1 Å². The van der Waals surface area contributed by atoms with Crippen LogP contribution in [0.15, 0.2) is 48.5 Å². The molecule has 0 aliphatic rings. The minimum Gasteiger partial charge on any atom is -0.382 e. The topological polar surface area (TPSA) is 85.8 Å². The molecule has 3 N–H and O–H groups in total. The third-order valence-corrected chi connectivity index (χ3v) is 3.81. The van der Waals surface area contributed by atoms with Gasteiger partial charge in [0.1, 0.15) is 5.82 Å². The Labute approximate surface area is 148 Å². The monoisotopic (exact) mass is 359 g/mol. The zero-order valence-corrected chi connectivity index (χ0v) is 13.9. The lowest BCUT2D eigenvalue weighted by Gasteiger charge is -2.06. The highest BCUT2D eigenvalue weighted by atomic mass is 35.5. The zero-order valence-electron chi connectivity index (χ0n) is 13.1. The van der Waals surface area contributed by atoms with E-state index in [0.717, 1.165) is 11.1 Å². The summed E-state index contributed by atoms with van der Waals surface area (Å²) < 4.78 is 14.3. The molecular weight excluding hydrogens is 345 g/mol. The maximum atomic E-state index is 12.9. The molecule has 8 heteroatoms. The van der Waals surface area contributed by atoms with E-state index in [0.29, 0.717) is 11.6 Å². The number of hydrogen-bond donors (Lipinski definition) is 2. The molecule has 0 spiro atoms. The number of aromatic nitrogens is 3. The number of amides is 1. The molecule has 1 aromatic heterocycles. The van der Waals surface area contributed by atoms with Crippen LogP contribution in [0, 0.1) is 5.82 Å². The standard InChI is InChI=1S/C17H15ClFN5O/c18-13-3-1-2-12(8-13)10-24-16(20)15(22-23-24)17(25)21-9-11-4-6-14(19)7-5-11/h1-8H,9-10,20H2,(H,21,25). The highest BCUT2D eigenvalue weighted by molar-refractivity contribution is 6.30. The second-order valence-electron chi connectivity index (χ2n) is 5.42. The van der Waals surface area contributed by atoms with Gasteiger partial charge in [-0.25, -0.2) is 9.07 Å². The van der Waals surface area contributed by atoms with Crippen LogP contribution in [0.2, 0.25) is 5.02 Å². The van der Waals surface area contributed by atoms with Crippen LogP contribution < -0.4 is 11.1 Å². The van der Waals surface area contributed by atoms with E-state index in [-0.39, 0.29) is 23.9 Å². The fourth-order valence-electron chi connectivity index (χ4n) is 2.28. The van der Waals surface area contributed by atoms with E-state index in [1.165, 1.54) is 16.8 Å². The fourth-order valence-corrected chi connectivity index (χ4v) is 2.49. The van der Waals surface area contributed by atoms with E-state index in [1.54, 1.807) is 24.3 Å². The lowest BCUT2D eigenvalue weighted by molar-refractivity contribution is 0.0946. The van der Waals surface area contributed by atoms with Gasteiger partial charge in [0.25, 0.3) is 5.91 Å².